The zero-order chi connectivity index (χ0) is 13.5. The summed E-state index contributed by atoms with van der Waals surface area (Å²) in [4.78, 5) is 9.51. The highest BCUT2D eigenvalue weighted by atomic mass is 14.9. The molecule has 1 heterocycles. The molecule has 0 aliphatic rings. The summed E-state index contributed by atoms with van der Waals surface area (Å²) in [6.07, 6.45) is 4.01. The van der Waals surface area contributed by atoms with Gasteiger partial charge in [0.2, 0.25) is 0 Å². The van der Waals surface area contributed by atoms with Crippen LogP contribution in [0.15, 0.2) is 0 Å². The molecule has 0 aromatic carbocycles. The molecule has 0 spiro atoms. The van der Waals surface area contributed by atoms with Gasteiger partial charge in [-0.2, -0.15) is 0 Å². The number of hydrogen-bond donors (Lipinski definition) is 1. The molecule has 102 valence electrons. The zero-order valence-corrected chi connectivity index (χ0v) is 12.5. The van der Waals surface area contributed by atoms with Crippen LogP contribution in [0.1, 0.15) is 50.5 Å². The van der Waals surface area contributed by atoms with Crippen LogP contribution in [0.5, 0.6) is 0 Å². The van der Waals surface area contributed by atoms with Crippen LogP contribution in [-0.4, -0.2) is 23.6 Å². The molecule has 0 amide bonds. The van der Waals surface area contributed by atoms with Gasteiger partial charge >= 0.3 is 0 Å². The summed E-state index contributed by atoms with van der Waals surface area (Å²) in [7, 11) is 1.99. The first kappa shape index (κ1) is 15.1. The minimum atomic E-state index is 0.613. The molecule has 0 bridgehead atoms. The lowest BCUT2D eigenvalue weighted by Crippen LogP contribution is -2.16. The van der Waals surface area contributed by atoms with Crippen molar-refractivity contribution in [3.63, 3.8) is 0 Å². The Morgan fingerprint density at radius 1 is 1.06 bits per heavy atom. The SMILES string of the molecule is CCc1nc(CC(C)C)nc(CC)c1CCNC. The van der Waals surface area contributed by atoms with Gasteiger partial charge in [-0.1, -0.05) is 27.7 Å². The van der Waals surface area contributed by atoms with E-state index >= 15 is 0 Å². The summed E-state index contributed by atoms with van der Waals surface area (Å²) in [5.74, 6) is 1.63. The summed E-state index contributed by atoms with van der Waals surface area (Å²) >= 11 is 0. The van der Waals surface area contributed by atoms with Gasteiger partial charge in [0.05, 0.1) is 0 Å². The lowest BCUT2D eigenvalue weighted by Gasteiger charge is -2.14. The molecule has 0 fully saturated rings. The summed E-state index contributed by atoms with van der Waals surface area (Å²) < 4.78 is 0. The maximum atomic E-state index is 4.75. The van der Waals surface area contributed by atoms with Crippen LogP contribution < -0.4 is 5.32 Å². The van der Waals surface area contributed by atoms with Gasteiger partial charge in [-0.15, -0.1) is 0 Å². The number of nitrogens with zero attached hydrogens (tertiary/aromatic N) is 2. The summed E-state index contributed by atoms with van der Waals surface area (Å²) in [5.41, 5.74) is 3.85. The van der Waals surface area contributed by atoms with E-state index in [1.54, 1.807) is 0 Å². The molecule has 18 heavy (non-hydrogen) atoms. The number of aromatic nitrogens is 2. The molecule has 3 nitrogen and oxygen atoms in total. The maximum absolute atomic E-state index is 4.75. The molecule has 3 heteroatoms. The van der Waals surface area contributed by atoms with Crippen LogP contribution in [0.25, 0.3) is 0 Å². The van der Waals surface area contributed by atoms with Crippen molar-refractivity contribution >= 4 is 0 Å². The molecule has 1 N–H and O–H groups in total. The van der Waals surface area contributed by atoms with Gasteiger partial charge in [0.1, 0.15) is 5.82 Å². The second-order valence-corrected chi connectivity index (χ2v) is 5.17. The average Bonchev–Trinajstić information content (AvgIpc) is 2.35. The van der Waals surface area contributed by atoms with Gasteiger partial charge in [-0.05, 0) is 44.3 Å². The molecular weight excluding hydrogens is 222 g/mol. The summed E-state index contributed by atoms with van der Waals surface area (Å²) in [5, 5.41) is 3.21. The van der Waals surface area contributed by atoms with Crippen molar-refractivity contribution in [3.05, 3.63) is 22.8 Å². The third-order valence-corrected chi connectivity index (χ3v) is 3.11. The normalized spacial score (nSPS) is 11.2. The molecule has 1 aromatic rings. The van der Waals surface area contributed by atoms with Crippen LogP contribution in [0.2, 0.25) is 0 Å². The first-order valence-corrected chi connectivity index (χ1v) is 7.14. The largest absolute Gasteiger partial charge is 0.319 e. The Morgan fingerprint density at radius 3 is 2.00 bits per heavy atom. The number of likely N-dealkylation sites (N-methyl/N-ethyl adjacent to an activating group) is 1. The van der Waals surface area contributed by atoms with E-state index in [0.717, 1.165) is 38.1 Å². The Kier molecular flexibility index (Phi) is 6.27. The summed E-state index contributed by atoms with van der Waals surface area (Å²) in [6.45, 7) is 9.80. The molecule has 0 saturated carbocycles. The fraction of sp³-hybridized carbons (Fsp3) is 0.733. The number of hydrogen-bond acceptors (Lipinski definition) is 3. The number of nitrogens with one attached hydrogen (secondary N) is 1. The topological polar surface area (TPSA) is 37.8 Å². The van der Waals surface area contributed by atoms with Crippen molar-refractivity contribution in [2.45, 2.75) is 53.4 Å². The fourth-order valence-corrected chi connectivity index (χ4v) is 2.22. The second-order valence-electron chi connectivity index (χ2n) is 5.17. The van der Waals surface area contributed by atoms with E-state index in [0.29, 0.717) is 5.92 Å². The minimum absolute atomic E-state index is 0.613. The Hall–Kier alpha value is -0.960. The van der Waals surface area contributed by atoms with Crippen LogP contribution in [0.4, 0.5) is 0 Å². The van der Waals surface area contributed by atoms with Crippen molar-refractivity contribution in [2.24, 2.45) is 5.92 Å². The van der Waals surface area contributed by atoms with Gasteiger partial charge in [0.15, 0.2) is 0 Å². The highest BCUT2D eigenvalue weighted by Gasteiger charge is 2.12. The van der Waals surface area contributed by atoms with Crippen LogP contribution in [-0.2, 0) is 25.7 Å². The van der Waals surface area contributed by atoms with Crippen molar-refractivity contribution < 1.29 is 0 Å². The predicted molar refractivity (Wildman–Crippen MR) is 77.0 cm³/mol. The van der Waals surface area contributed by atoms with E-state index in [-0.39, 0.29) is 0 Å². The molecule has 0 radical (unpaired) electrons. The Balaban J connectivity index is 3.08. The van der Waals surface area contributed by atoms with E-state index in [1.807, 2.05) is 7.05 Å². The fourth-order valence-electron chi connectivity index (χ4n) is 2.22. The van der Waals surface area contributed by atoms with E-state index in [4.69, 9.17) is 9.97 Å². The molecule has 0 saturated heterocycles. The molecule has 0 unspecified atom stereocenters. The molecule has 0 aliphatic carbocycles. The number of rotatable bonds is 7. The Bertz CT molecular complexity index is 347. The van der Waals surface area contributed by atoms with Crippen molar-refractivity contribution in [2.75, 3.05) is 13.6 Å². The molecule has 0 aliphatic heterocycles. The minimum Gasteiger partial charge on any atom is -0.319 e. The van der Waals surface area contributed by atoms with Crippen LogP contribution >= 0.6 is 0 Å². The lowest BCUT2D eigenvalue weighted by molar-refractivity contribution is 0.610. The van der Waals surface area contributed by atoms with Gasteiger partial charge in [-0.25, -0.2) is 9.97 Å². The third kappa shape index (κ3) is 4.05. The maximum Gasteiger partial charge on any atom is 0.129 e. The Morgan fingerprint density at radius 2 is 1.61 bits per heavy atom. The monoisotopic (exact) mass is 249 g/mol. The lowest BCUT2D eigenvalue weighted by atomic mass is 10.0. The van der Waals surface area contributed by atoms with Gasteiger partial charge in [0.25, 0.3) is 0 Å². The standard InChI is InChI=1S/C15H27N3/c1-6-13-12(8-9-16-5)14(7-2)18-15(17-13)10-11(3)4/h11,16H,6-10H2,1-5H3. The highest BCUT2D eigenvalue weighted by molar-refractivity contribution is 5.27. The van der Waals surface area contributed by atoms with Gasteiger partial charge in [-0.3, -0.25) is 0 Å². The molecule has 0 atom stereocenters. The van der Waals surface area contributed by atoms with Crippen molar-refractivity contribution in [3.8, 4) is 0 Å². The first-order chi connectivity index (χ1) is 8.62. The number of aryl methyl sites for hydroxylation is 2. The Labute approximate surface area is 111 Å². The van der Waals surface area contributed by atoms with E-state index in [1.165, 1.54) is 17.0 Å². The quantitative estimate of drug-likeness (QED) is 0.807. The molecule has 1 rings (SSSR count). The van der Waals surface area contributed by atoms with Crippen molar-refractivity contribution in [1.82, 2.24) is 15.3 Å². The zero-order valence-electron chi connectivity index (χ0n) is 12.5. The van der Waals surface area contributed by atoms with Crippen LogP contribution in [0.3, 0.4) is 0 Å². The summed E-state index contributed by atoms with van der Waals surface area (Å²) in [6, 6.07) is 0. The smallest absolute Gasteiger partial charge is 0.129 e. The first-order valence-electron chi connectivity index (χ1n) is 7.14. The van der Waals surface area contributed by atoms with Gasteiger partial charge in [0, 0.05) is 17.8 Å². The molecule has 1 aromatic heterocycles. The van der Waals surface area contributed by atoms with E-state index in [2.05, 4.69) is 33.0 Å². The van der Waals surface area contributed by atoms with Gasteiger partial charge < -0.3 is 5.32 Å². The van der Waals surface area contributed by atoms with E-state index < -0.39 is 0 Å². The van der Waals surface area contributed by atoms with E-state index in [9.17, 15) is 0 Å². The molecular formula is C15H27N3. The van der Waals surface area contributed by atoms with Crippen molar-refractivity contribution in [1.29, 1.82) is 0 Å². The van der Waals surface area contributed by atoms with Crippen LogP contribution in [0, 0.1) is 5.92 Å². The average molecular weight is 249 g/mol. The predicted octanol–water partition coefficient (Wildman–Crippen LogP) is 2.56. The highest BCUT2D eigenvalue weighted by Crippen LogP contribution is 2.15. The second kappa shape index (κ2) is 7.47. The third-order valence-electron chi connectivity index (χ3n) is 3.11.